The average molecular weight is 380 g/mol. The molecule has 0 spiro atoms. The van der Waals surface area contributed by atoms with Crippen LogP contribution >= 0.6 is 0 Å². The number of anilines is 2. The Bertz CT molecular complexity index is 835. The minimum absolute atomic E-state index is 0.0258. The van der Waals surface area contributed by atoms with Gasteiger partial charge in [-0.15, -0.1) is 0 Å². The van der Waals surface area contributed by atoms with Crippen LogP contribution in [0, 0.1) is 19.8 Å². The Morgan fingerprint density at radius 1 is 1.07 bits per heavy atom. The maximum Gasteiger partial charge on any atom is 0.241 e. The van der Waals surface area contributed by atoms with Gasteiger partial charge in [0.2, 0.25) is 11.8 Å². The van der Waals surface area contributed by atoms with Gasteiger partial charge >= 0.3 is 0 Å². The monoisotopic (exact) mass is 379 g/mol. The Morgan fingerprint density at radius 3 is 2.54 bits per heavy atom. The van der Waals surface area contributed by atoms with Crippen LogP contribution in [0.1, 0.15) is 30.9 Å². The second-order valence-corrected chi connectivity index (χ2v) is 7.67. The van der Waals surface area contributed by atoms with Gasteiger partial charge in [-0.1, -0.05) is 35.9 Å². The summed E-state index contributed by atoms with van der Waals surface area (Å²) in [7, 11) is 0. The van der Waals surface area contributed by atoms with E-state index < -0.39 is 0 Å². The van der Waals surface area contributed by atoms with Gasteiger partial charge in [0.05, 0.1) is 12.0 Å². The number of hydrogen-bond acceptors (Lipinski definition) is 3. The van der Waals surface area contributed by atoms with E-state index in [9.17, 15) is 9.59 Å². The maximum absolute atomic E-state index is 12.8. The third kappa shape index (κ3) is 4.98. The van der Waals surface area contributed by atoms with Gasteiger partial charge in [-0.2, -0.15) is 0 Å². The fraction of sp³-hybridized carbons (Fsp3) is 0.391. The van der Waals surface area contributed by atoms with Crippen LogP contribution in [0.5, 0.6) is 0 Å². The minimum Gasteiger partial charge on any atom is -0.326 e. The molecule has 1 heterocycles. The summed E-state index contributed by atoms with van der Waals surface area (Å²) in [5.74, 6) is -0.112. The molecule has 1 saturated heterocycles. The number of likely N-dealkylation sites (tertiary alicyclic amines) is 1. The number of benzene rings is 2. The van der Waals surface area contributed by atoms with Crippen molar-refractivity contribution in [3.05, 3.63) is 59.7 Å². The molecule has 0 saturated carbocycles. The Hall–Kier alpha value is -2.66. The van der Waals surface area contributed by atoms with E-state index in [2.05, 4.69) is 21.6 Å². The quantitative estimate of drug-likeness (QED) is 0.826. The number of amides is 2. The van der Waals surface area contributed by atoms with Gasteiger partial charge in [0.25, 0.3) is 0 Å². The molecule has 0 aliphatic carbocycles. The molecule has 2 N–H and O–H groups in total. The summed E-state index contributed by atoms with van der Waals surface area (Å²) in [6, 6.07) is 15.2. The summed E-state index contributed by atoms with van der Waals surface area (Å²) >= 11 is 0. The molecule has 5 heteroatoms. The molecule has 2 aromatic carbocycles. The standard InChI is InChI=1S/C23H29N3O2/c1-16-11-12-21(17(2)14-16)25-22(27)18(3)26-13-7-8-19(15-26)23(28)24-20-9-5-4-6-10-20/h4-6,9-12,14,18-19H,7-8,13,15H2,1-3H3,(H,24,28)(H,25,27)/t18-,19-/m1/s1. The molecule has 0 aromatic heterocycles. The molecular weight excluding hydrogens is 350 g/mol. The largest absolute Gasteiger partial charge is 0.326 e. The summed E-state index contributed by atoms with van der Waals surface area (Å²) in [6.07, 6.45) is 1.76. The van der Waals surface area contributed by atoms with Crippen molar-refractivity contribution in [1.29, 1.82) is 0 Å². The number of para-hydroxylation sites is 1. The summed E-state index contributed by atoms with van der Waals surface area (Å²) in [5.41, 5.74) is 3.88. The highest BCUT2D eigenvalue weighted by atomic mass is 16.2. The van der Waals surface area contributed by atoms with Gasteiger partial charge in [-0.05, 0) is 63.9 Å². The lowest BCUT2D eigenvalue weighted by atomic mass is 9.95. The minimum atomic E-state index is -0.284. The van der Waals surface area contributed by atoms with E-state index in [4.69, 9.17) is 0 Å². The normalized spacial score (nSPS) is 18.3. The number of carbonyl (C=O) groups excluding carboxylic acids is 2. The zero-order chi connectivity index (χ0) is 20.1. The first-order valence-corrected chi connectivity index (χ1v) is 9.92. The molecule has 148 valence electrons. The number of rotatable bonds is 5. The van der Waals surface area contributed by atoms with Crippen molar-refractivity contribution in [3.63, 3.8) is 0 Å². The van der Waals surface area contributed by atoms with Crippen molar-refractivity contribution in [2.45, 2.75) is 39.7 Å². The van der Waals surface area contributed by atoms with Crippen LogP contribution in [0.15, 0.2) is 48.5 Å². The fourth-order valence-electron chi connectivity index (χ4n) is 3.69. The molecule has 1 fully saturated rings. The van der Waals surface area contributed by atoms with Crippen molar-refractivity contribution in [2.75, 3.05) is 23.7 Å². The number of aryl methyl sites for hydroxylation is 2. The molecular formula is C23H29N3O2. The van der Waals surface area contributed by atoms with E-state index >= 15 is 0 Å². The molecule has 0 bridgehead atoms. The van der Waals surface area contributed by atoms with Gasteiger partial charge in [-0.3, -0.25) is 14.5 Å². The van der Waals surface area contributed by atoms with E-state index in [1.54, 1.807) is 0 Å². The van der Waals surface area contributed by atoms with Gasteiger partial charge < -0.3 is 10.6 Å². The smallest absolute Gasteiger partial charge is 0.241 e. The van der Waals surface area contributed by atoms with Crippen LogP contribution in [0.2, 0.25) is 0 Å². The summed E-state index contributed by atoms with van der Waals surface area (Å²) in [6.45, 7) is 7.38. The highest BCUT2D eigenvalue weighted by Crippen LogP contribution is 2.22. The Labute approximate surface area is 167 Å². The number of nitrogens with one attached hydrogen (secondary N) is 2. The molecule has 0 unspecified atom stereocenters. The summed E-state index contributed by atoms with van der Waals surface area (Å²) in [5, 5.41) is 6.02. The van der Waals surface area contributed by atoms with Gasteiger partial charge in [0.1, 0.15) is 0 Å². The van der Waals surface area contributed by atoms with Crippen molar-refractivity contribution in [3.8, 4) is 0 Å². The Balaban J connectivity index is 1.59. The molecule has 2 amide bonds. The first-order chi connectivity index (χ1) is 13.4. The number of hydrogen-bond donors (Lipinski definition) is 2. The molecule has 1 aliphatic heterocycles. The predicted octanol–water partition coefficient (Wildman–Crippen LogP) is 3.98. The molecule has 3 rings (SSSR count). The number of piperidine rings is 1. The van der Waals surface area contributed by atoms with Crippen molar-refractivity contribution in [1.82, 2.24) is 4.90 Å². The van der Waals surface area contributed by atoms with Crippen molar-refractivity contribution < 1.29 is 9.59 Å². The third-order valence-electron chi connectivity index (χ3n) is 5.43. The Kier molecular flexibility index (Phi) is 6.47. The summed E-state index contributed by atoms with van der Waals surface area (Å²) < 4.78 is 0. The van der Waals surface area contributed by atoms with Crippen LogP contribution in [0.3, 0.4) is 0 Å². The first kappa shape index (κ1) is 20.1. The van der Waals surface area contributed by atoms with Crippen LogP contribution in [0.4, 0.5) is 11.4 Å². The van der Waals surface area contributed by atoms with Gasteiger partial charge in [0.15, 0.2) is 0 Å². The highest BCUT2D eigenvalue weighted by Gasteiger charge is 2.31. The Morgan fingerprint density at radius 2 is 1.82 bits per heavy atom. The van der Waals surface area contributed by atoms with Gasteiger partial charge in [-0.25, -0.2) is 0 Å². The highest BCUT2D eigenvalue weighted by molar-refractivity contribution is 5.95. The summed E-state index contributed by atoms with van der Waals surface area (Å²) in [4.78, 5) is 27.5. The number of carbonyl (C=O) groups is 2. The maximum atomic E-state index is 12.8. The van der Waals surface area contributed by atoms with Crippen molar-refractivity contribution in [2.24, 2.45) is 5.92 Å². The second kappa shape index (κ2) is 9.02. The molecule has 28 heavy (non-hydrogen) atoms. The zero-order valence-corrected chi connectivity index (χ0v) is 16.9. The van der Waals surface area contributed by atoms with Crippen molar-refractivity contribution >= 4 is 23.2 Å². The zero-order valence-electron chi connectivity index (χ0n) is 16.9. The molecule has 2 aromatic rings. The molecule has 1 aliphatic rings. The van der Waals surface area contributed by atoms with Crippen LogP contribution in [-0.4, -0.2) is 35.8 Å². The fourth-order valence-corrected chi connectivity index (χ4v) is 3.69. The average Bonchev–Trinajstić information content (AvgIpc) is 2.70. The molecule has 2 atom stereocenters. The van der Waals surface area contributed by atoms with E-state index in [1.807, 2.05) is 63.2 Å². The SMILES string of the molecule is Cc1ccc(NC(=O)[C@@H](C)N2CCC[C@@H](C(=O)Nc3ccccc3)C2)c(C)c1. The van der Waals surface area contributed by atoms with E-state index in [-0.39, 0.29) is 23.8 Å². The topological polar surface area (TPSA) is 61.4 Å². The van der Waals surface area contributed by atoms with E-state index in [1.165, 1.54) is 5.56 Å². The van der Waals surface area contributed by atoms with Gasteiger partial charge in [0, 0.05) is 17.9 Å². The van der Waals surface area contributed by atoms with E-state index in [0.29, 0.717) is 6.54 Å². The molecule has 5 nitrogen and oxygen atoms in total. The lowest BCUT2D eigenvalue weighted by Gasteiger charge is -2.35. The first-order valence-electron chi connectivity index (χ1n) is 9.92. The van der Waals surface area contributed by atoms with Crippen LogP contribution in [0.25, 0.3) is 0 Å². The lowest BCUT2D eigenvalue weighted by Crippen LogP contribution is -2.49. The lowest BCUT2D eigenvalue weighted by molar-refractivity contribution is -0.125. The third-order valence-corrected chi connectivity index (χ3v) is 5.43. The van der Waals surface area contributed by atoms with E-state index in [0.717, 1.165) is 36.3 Å². The molecule has 0 radical (unpaired) electrons. The van der Waals surface area contributed by atoms with Crippen LogP contribution < -0.4 is 10.6 Å². The second-order valence-electron chi connectivity index (χ2n) is 7.67. The number of nitrogens with zero attached hydrogens (tertiary/aromatic N) is 1. The predicted molar refractivity (Wildman–Crippen MR) is 113 cm³/mol. The van der Waals surface area contributed by atoms with Crippen LogP contribution in [-0.2, 0) is 9.59 Å².